The predicted molar refractivity (Wildman–Crippen MR) is 139 cm³/mol. The Morgan fingerprint density at radius 1 is 1.15 bits per heavy atom. The fourth-order valence-corrected chi connectivity index (χ4v) is 5.59. The van der Waals surface area contributed by atoms with Crippen LogP contribution in [-0.4, -0.2) is 61.7 Å². The predicted octanol–water partition coefficient (Wildman–Crippen LogP) is 5.75. The first-order valence-corrected chi connectivity index (χ1v) is 14.2. The maximum absolute atomic E-state index is 12.3. The second kappa shape index (κ2) is 11.0. The molecule has 2 aromatic carbocycles. The second-order valence-electron chi connectivity index (χ2n) is 8.59. The van der Waals surface area contributed by atoms with Crippen molar-refractivity contribution in [2.24, 2.45) is 5.92 Å². The van der Waals surface area contributed by atoms with E-state index in [0.717, 1.165) is 47.0 Å². The molecular formula is C24H30BrN4O4P. The number of hydrogen-bond acceptors (Lipinski definition) is 8. The van der Waals surface area contributed by atoms with Gasteiger partial charge in [-0.3, -0.25) is 9.46 Å². The Kier molecular flexibility index (Phi) is 8.09. The van der Waals surface area contributed by atoms with Gasteiger partial charge in [-0.1, -0.05) is 22.0 Å². The van der Waals surface area contributed by atoms with E-state index in [4.69, 9.17) is 14.0 Å². The highest BCUT2D eigenvalue weighted by atomic mass is 79.9. The molecule has 0 spiro atoms. The van der Waals surface area contributed by atoms with E-state index in [-0.39, 0.29) is 0 Å². The molecule has 0 amide bonds. The number of nitrogens with one attached hydrogen (secondary N) is 1. The van der Waals surface area contributed by atoms with Crippen LogP contribution in [0.4, 0.5) is 11.5 Å². The van der Waals surface area contributed by atoms with Crippen molar-refractivity contribution in [2.45, 2.75) is 12.8 Å². The molecule has 8 nitrogen and oxygen atoms in total. The van der Waals surface area contributed by atoms with Crippen molar-refractivity contribution in [1.29, 1.82) is 0 Å². The third-order valence-corrected chi connectivity index (χ3v) is 8.21. The Hall–Kier alpha value is -2.19. The first-order valence-electron chi connectivity index (χ1n) is 11.2. The molecule has 1 aliphatic heterocycles. The lowest BCUT2D eigenvalue weighted by atomic mass is 9.98. The number of nitrogens with zero attached hydrogens (tertiary/aromatic N) is 3. The maximum atomic E-state index is 12.3. The van der Waals surface area contributed by atoms with Gasteiger partial charge in [0.25, 0.3) is 0 Å². The van der Waals surface area contributed by atoms with Crippen LogP contribution in [0, 0.1) is 5.92 Å². The van der Waals surface area contributed by atoms with Crippen molar-refractivity contribution in [3.63, 3.8) is 0 Å². The summed E-state index contributed by atoms with van der Waals surface area (Å²) in [6.07, 6.45) is 4.01. The van der Waals surface area contributed by atoms with Crippen molar-refractivity contribution in [1.82, 2.24) is 14.9 Å². The molecule has 1 N–H and O–H groups in total. The number of rotatable bonds is 9. The van der Waals surface area contributed by atoms with Gasteiger partial charge in [-0.25, -0.2) is 9.97 Å². The smallest absolute Gasteiger partial charge is 0.213 e. The standard InChI is InChI=1S/C24H30BrN4O4P/c1-31-22-13-21-20(24(27-15-26-21)28-19-6-4-5-18(25)11-19)12-23(22)33-14-17-7-9-29(10-8-17)16-34(3,30)32-2/h4-6,11-13,15,17H,7-10,14,16H2,1-3H3,(H,26,27,28). The van der Waals surface area contributed by atoms with Gasteiger partial charge in [0.1, 0.15) is 12.1 Å². The van der Waals surface area contributed by atoms with E-state index < -0.39 is 7.37 Å². The highest BCUT2D eigenvalue weighted by Crippen LogP contribution is 2.42. The van der Waals surface area contributed by atoms with E-state index in [9.17, 15) is 4.57 Å². The number of hydrogen-bond donors (Lipinski definition) is 1. The van der Waals surface area contributed by atoms with Crippen LogP contribution in [0.25, 0.3) is 10.9 Å². The van der Waals surface area contributed by atoms with E-state index in [1.807, 2.05) is 36.4 Å². The number of fused-ring (bicyclic) bond motifs is 1. The quantitative estimate of drug-likeness (QED) is 0.338. The SMILES string of the molecule is COc1cc2ncnc(Nc3cccc(Br)c3)c2cc1OCC1CCN(CP(C)(=O)OC)CC1. The topological polar surface area (TPSA) is 85.8 Å². The summed E-state index contributed by atoms with van der Waals surface area (Å²) in [5, 5.41) is 4.22. The maximum Gasteiger partial charge on any atom is 0.213 e. The van der Waals surface area contributed by atoms with Crippen molar-refractivity contribution >= 4 is 45.7 Å². The molecule has 3 aromatic rings. The number of halogens is 1. The van der Waals surface area contributed by atoms with Crippen LogP contribution in [0.3, 0.4) is 0 Å². The third-order valence-electron chi connectivity index (χ3n) is 6.03. The summed E-state index contributed by atoms with van der Waals surface area (Å²) in [6, 6.07) is 11.7. The zero-order valence-corrected chi connectivity index (χ0v) is 22.1. The molecule has 4 rings (SSSR count). The fourth-order valence-electron chi connectivity index (χ4n) is 4.06. The fraction of sp³-hybridized carbons (Fsp3) is 0.417. The number of likely N-dealkylation sites (tertiary alicyclic amines) is 1. The molecule has 1 aliphatic rings. The number of aromatic nitrogens is 2. The van der Waals surface area contributed by atoms with Crippen molar-refractivity contribution in [3.8, 4) is 11.5 Å². The second-order valence-corrected chi connectivity index (χ2v) is 12.2. The van der Waals surface area contributed by atoms with Gasteiger partial charge in [-0.05, 0) is 56.1 Å². The Labute approximate surface area is 208 Å². The zero-order chi connectivity index (χ0) is 24.1. The van der Waals surface area contributed by atoms with Gasteiger partial charge in [0.05, 0.1) is 25.5 Å². The minimum Gasteiger partial charge on any atom is -0.493 e. The third kappa shape index (κ3) is 6.27. The average molecular weight is 549 g/mol. The normalized spacial score (nSPS) is 16.8. The summed E-state index contributed by atoms with van der Waals surface area (Å²) < 4.78 is 30.2. The van der Waals surface area contributed by atoms with E-state index in [0.29, 0.717) is 36.1 Å². The van der Waals surface area contributed by atoms with Crippen molar-refractivity contribution in [2.75, 3.05) is 52.2 Å². The molecular weight excluding hydrogens is 519 g/mol. The molecule has 1 fully saturated rings. The molecule has 1 aromatic heterocycles. The summed E-state index contributed by atoms with van der Waals surface area (Å²) in [5.74, 6) is 2.43. The highest BCUT2D eigenvalue weighted by molar-refractivity contribution is 9.10. The lowest BCUT2D eigenvalue weighted by Gasteiger charge is -2.32. The molecule has 1 unspecified atom stereocenters. The molecule has 10 heteroatoms. The summed E-state index contributed by atoms with van der Waals surface area (Å²) in [6.45, 7) is 4.06. The summed E-state index contributed by atoms with van der Waals surface area (Å²) in [5.41, 5.74) is 1.69. The number of benzene rings is 2. The lowest BCUT2D eigenvalue weighted by Crippen LogP contribution is -2.36. The summed E-state index contributed by atoms with van der Waals surface area (Å²) >= 11 is 3.50. The van der Waals surface area contributed by atoms with Crippen LogP contribution < -0.4 is 14.8 Å². The number of piperidine rings is 1. The molecule has 34 heavy (non-hydrogen) atoms. The number of methoxy groups -OCH3 is 1. The first-order chi connectivity index (χ1) is 16.4. The van der Waals surface area contributed by atoms with Crippen LogP contribution in [0.1, 0.15) is 12.8 Å². The average Bonchev–Trinajstić information content (AvgIpc) is 2.83. The van der Waals surface area contributed by atoms with Crippen LogP contribution in [0.2, 0.25) is 0 Å². The van der Waals surface area contributed by atoms with Gasteiger partial charge in [0, 0.05) is 35.4 Å². The highest BCUT2D eigenvalue weighted by Gasteiger charge is 2.25. The van der Waals surface area contributed by atoms with Crippen LogP contribution >= 0.6 is 23.3 Å². The van der Waals surface area contributed by atoms with Crippen LogP contribution in [-0.2, 0) is 9.09 Å². The van der Waals surface area contributed by atoms with E-state index in [1.54, 1.807) is 13.8 Å². The Bertz CT molecular complexity index is 1190. The molecule has 0 aliphatic carbocycles. The molecule has 182 valence electrons. The van der Waals surface area contributed by atoms with Gasteiger partial charge < -0.3 is 19.3 Å². The van der Waals surface area contributed by atoms with E-state index >= 15 is 0 Å². The number of ether oxygens (including phenoxy) is 2. The van der Waals surface area contributed by atoms with Gasteiger partial charge >= 0.3 is 0 Å². The minimum atomic E-state index is -2.53. The van der Waals surface area contributed by atoms with Crippen LogP contribution in [0.5, 0.6) is 11.5 Å². The van der Waals surface area contributed by atoms with Gasteiger partial charge in [0.2, 0.25) is 7.37 Å². The molecule has 1 atom stereocenters. The molecule has 2 heterocycles. The lowest BCUT2D eigenvalue weighted by molar-refractivity contribution is 0.149. The first kappa shape index (κ1) is 24.9. The van der Waals surface area contributed by atoms with Crippen LogP contribution in [0.15, 0.2) is 47.2 Å². The van der Waals surface area contributed by atoms with Gasteiger partial charge in [-0.2, -0.15) is 0 Å². The van der Waals surface area contributed by atoms with E-state index in [1.165, 1.54) is 13.4 Å². The van der Waals surface area contributed by atoms with Gasteiger partial charge in [-0.15, -0.1) is 0 Å². The zero-order valence-electron chi connectivity index (χ0n) is 19.7. The minimum absolute atomic E-state index is 0.418. The van der Waals surface area contributed by atoms with Crippen molar-refractivity contribution in [3.05, 3.63) is 47.2 Å². The molecule has 0 saturated carbocycles. The monoisotopic (exact) mass is 548 g/mol. The molecule has 0 bridgehead atoms. The summed E-state index contributed by atoms with van der Waals surface area (Å²) in [7, 11) is 0.615. The van der Waals surface area contributed by atoms with Crippen molar-refractivity contribution < 1.29 is 18.6 Å². The Morgan fingerprint density at radius 3 is 2.65 bits per heavy atom. The van der Waals surface area contributed by atoms with E-state index in [2.05, 4.69) is 36.1 Å². The number of anilines is 2. The Balaban J connectivity index is 1.46. The molecule has 0 radical (unpaired) electrons. The summed E-state index contributed by atoms with van der Waals surface area (Å²) in [4.78, 5) is 11.1. The molecule has 1 saturated heterocycles. The van der Waals surface area contributed by atoms with Gasteiger partial charge in [0.15, 0.2) is 11.5 Å². The Morgan fingerprint density at radius 2 is 1.94 bits per heavy atom. The largest absolute Gasteiger partial charge is 0.493 e.